The van der Waals surface area contributed by atoms with Crippen molar-refractivity contribution in [2.45, 2.75) is 18.0 Å². The molecule has 0 spiro atoms. The summed E-state index contributed by atoms with van der Waals surface area (Å²) in [4.78, 5) is 11.1. The molecule has 0 saturated heterocycles. The zero-order chi connectivity index (χ0) is 25.9. The van der Waals surface area contributed by atoms with Gasteiger partial charge in [0.1, 0.15) is 33.5 Å². The van der Waals surface area contributed by atoms with E-state index < -0.39 is 26.6 Å². The van der Waals surface area contributed by atoms with Crippen LogP contribution in [0.2, 0.25) is 0 Å². The number of benzene rings is 2. The molecule has 0 radical (unpaired) electrons. The van der Waals surface area contributed by atoms with Crippen molar-refractivity contribution >= 4 is 32.7 Å². The van der Waals surface area contributed by atoms with E-state index in [1.165, 1.54) is 19.2 Å². The number of anilines is 1. The predicted octanol–water partition coefficient (Wildman–Crippen LogP) is 2.72. The summed E-state index contributed by atoms with van der Waals surface area (Å²) >= 11 is 0. The SMILES string of the molecule is C=C(C#N)C(=O)NCc1cnn(Cc2cc(OC)c3c(NS(=O)(=O)c4ccccc4F)noc3c2)c1. The third-order valence-electron chi connectivity index (χ3n) is 5.07. The topological polar surface area (TPSA) is 152 Å². The van der Waals surface area contributed by atoms with Gasteiger partial charge in [0, 0.05) is 18.3 Å². The van der Waals surface area contributed by atoms with Gasteiger partial charge in [0.15, 0.2) is 11.4 Å². The van der Waals surface area contributed by atoms with E-state index in [1.807, 2.05) is 0 Å². The Bertz CT molecular complexity index is 1620. The molecule has 0 atom stereocenters. The molecule has 4 rings (SSSR count). The molecule has 1 amide bonds. The van der Waals surface area contributed by atoms with Gasteiger partial charge < -0.3 is 14.6 Å². The number of fused-ring (bicyclic) bond motifs is 1. The minimum absolute atomic E-state index is 0.146. The lowest BCUT2D eigenvalue weighted by Crippen LogP contribution is -2.23. The molecule has 13 heteroatoms. The number of rotatable bonds is 9. The smallest absolute Gasteiger partial charge is 0.266 e. The van der Waals surface area contributed by atoms with E-state index >= 15 is 0 Å². The Morgan fingerprint density at radius 2 is 2.08 bits per heavy atom. The van der Waals surface area contributed by atoms with Gasteiger partial charge in [0.25, 0.3) is 15.9 Å². The van der Waals surface area contributed by atoms with Crippen LogP contribution in [-0.2, 0) is 27.9 Å². The van der Waals surface area contributed by atoms with Crippen molar-refractivity contribution in [1.29, 1.82) is 5.26 Å². The van der Waals surface area contributed by atoms with E-state index in [4.69, 9.17) is 14.5 Å². The number of ether oxygens (including phenoxy) is 1. The largest absolute Gasteiger partial charge is 0.496 e. The van der Waals surface area contributed by atoms with Crippen molar-refractivity contribution in [2.75, 3.05) is 11.8 Å². The zero-order valence-electron chi connectivity index (χ0n) is 18.9. The summed E-state index contributed by atoms with van der Waals surface area (Å²) in [5, 5.41) is 19.6. The number of carbonyl (C=O) groups excluding carboxylic acids is 1. The number of hydrogen-bond acceptors (Lipinski definition) is 8. The fourth-order valence-electron chi connectivity index (χ4n) is 3.37. The van der Waals surface area contributed by atoms with E-state index in [-0.39, 0.29) is 34.7 Å². The number of nitriles is 1. The summed E-state index contributed by atoms with van der Waals surface area (Å²) < 4.78 is 54.0. The van der Waals surface area contributed by atoms with E-state index in [2.05, 4.69) is 26.9 Å². The lowest BCUT2D eigenvalue weighted by molar-refractivity contribution is -0.117. The summed E-state index contributed by atoms with van der Waals surface area (Å²) in [6.45, 7) is 3.81. The number of carbonyl (C=O) groups is 1. The highest BCUT2D eigenvalue weighted by Crippen LogP contribution is 2.35. The summed E-state index contributed by atoms with van der Waals surface area (Å²) in [5.74, 6) is -1.33. The average Bonchev–Trinajstić information content (AvgIpc) is 3.48. The van der Waals surface area contributed by atoms with Gasteiger partial charge in [0.2, 0.25) is 0 Å². The lowest BCUT2D eigenvalue weighted by Gasteiger charge is -2.09. The molecule has 0 aliphatic heterocycles. The van der Waals surface area contributed by atoms with Crippen molar-refractivity contribution in [2.24, 2.45) is 0 Å². The van der Waals surface area contributed by atoms with Crippen LogP contribution in [0.3, 0.4) is 0 Å². The number of aromatic nitrogens is 3. The van der Waals surface area contributed by atoms with Gasteiger partial charge in [-0.3, -0.25) is 14.2 Å². The summed E-state index contributed by atoms with van der Waals surface area (Å²) in [6, 6.07) is 9.96. The van der Waals surface area contributed by atoms with Crippen molar-refractivity contribution in [3.8, 4) is 11.8 Å². The van der Waals surface area contributed by atoms with Crippen LogP contribution >= 0.6 is 0 Å². The number of hydrogen-bond donors (Lipinski definition) is 2. The molecule has 2 heterocycles. The Morgan fingerprint density at radius 1 is 1.31 bits per heavy atom. The highest BCUT2D eigenvalue weighted by Gasteiger charge is 2.24. The molecule has 2 aromatic heterocycles. The average molecular weight is 511 g/mol. The van der Waals surface area contributed by atoms with Crippen LogP contribution in [0, 0.1) is 17.1 Å². The van der Waals surface area contributed by atoms with Crippen LogP contribution < -0.4 is 14.8 Å². The van der Waals surface area contributed by atoms with E-state index in [9.17, 15) is 17.6 Å². The number of nitrogens with one attached hydrogen (secondary N) is 2. The molecule has 0 aliphatic rings. The maximum atomic E-state index is 14.0. The normalized spacial score (nSPS) is 11.1. The molecule has 0 aliphatic carbocycles. The molecule has 11 nitrogen and oxygen atoms in total. The van der Waals surface area contributed by atoms with E-state index in [0.717, 1.165) is 12.1 Å². The van der Waals surface area contributed by atoms with Crippen LogP contribution in [0.25, 0.3) is 11.0 Å². The summed E-state index contributed by atoms with van der Waals surface area (Å²) in [6.07, 6.45) is 3.27. The van der Waals surface area contributed by atoms with Gasteiger partial charge in [-0.05, 0) is 29.8 Å². The first-order valence-electron chi connectivity index (χ1n) is 10.3. The molecule has 0 fully saturated rings. The van der Waals surface area contributed by atoms with Gasteiger partial charge >= 0.3 is 0 Å². The molecule has 184 valence electrons. The van der Waals surface area contributed by atoms with Crippen LogP contribution in [0.15, 0.2) is 70.4 Å². The van der Waals surface area contributed by atoms with Crippen molar-refractivity contribution in [3.05, 3.63) is 77.9 Å². The highest BCUT2D eigenvalue weighted by atomic mass is 32.2. The number of methoxy groups -OCH3 is 1. The third-order valence-corrected chi connectivity index (χ3v) is 6.44. The molecule has 4 aromatic rings. The molecule has 2 aromatic carbocycles. The van der Waals surface area contributed by atoms with Crippen molar-refractivity contribution < 1.29 is 26.9 Å². The lowest BCUT2D eigenvalue weighted by atomic mass is 10.1. The second-order valence-corrected chi connectivity index (χ2v) is 9.21. The molecule has 0 saturated carbocycles. The Balaban J connectivity index is 1.55. The third kappa shape index (κ3) is 5.03. The van der Waals surface area contributed by atoms with Gasteiger partial charge in [-0.1, -0.05) is 23.9 Å². The number of nitrogens with zero attached hydrogens (tertiary/aromatic N) is 4. The molecule has 2 N–H and O–H groups in total. The number of amides is 1. The maximum absolute atomic E-state index is 14.0. The summed E-state index contributed by atoms with van der Waals surface area (Å²) in [5.41, 5.74) is 1.46. The first kappa shape index (κ1) is 24.4. The predicted molar refractivity (Wildman–Crippen MR) is 126 cm³/mol. The standard InChI is InChI=1S/C23H19FN6O5S/c1-14(9-25)23(31)26-10-16-11-27-30(13-16)12-15-7-18(34-2)21-19(8-15)35-28-22(21)29-36(32,33)20-6-4-3-5-17(20)24/h3-8,11,13H,1,10,12H2,2H3,(H,26,31)(H,28,29). The number of halogens is 1. The highest BCUT2D eigenvalue weighted by molar-refractivity contribution is 7.92. The van der Waals surface area contributed by atoms with Crippen molar-refractivity contribution in [1.82, 2.24) is 20.3 Å². The van der Waals surface area contributed by atoms with Crippen LogP contribution in [0.1, 0.15) is 11.1 Å². The van der Waals surface area contributed by atoms with Crippen LogP contribution in [0.5, 0.6) is 5.75 Å². The Kier molecular flexibility index (Phi) is 6.71. The Labute approximate surface area is 204 Å². The first-order valence-corrected chi connectivity index (χ1v) is 11.8. The van der Waals surface area contributed by atoms with Crippen LogP contribution in [0.4, 0.5) is 10.2 Å². The molecule has 0 unspecified atom stereocenters. The number of sulfonamides is 1. The van der Waals surface area contributed by atoms with Crippen LogP contribution in [-0.4, -0.2) is 36.4 Å². The van der Waals surface area contributed by atoms with Gasteiger partial charge in [-0.2, -0.15) is 10.4 Å². The van der Waals surface area contributed by atoms with E-state index in [0.29, 0.717) is 17.7 Å². The summed E-state index contributed by atoms with van der Waals surface area (Å²) in [7, 11) is -2.87. The zero-order valence-corrected chi connectivity index (χ0v) is 19.7. The van der Waals surface area contributed by atoms with Gasteiger partial charge in [0.05, 0.1) is 19.9 Å². The second-order valence-electron chi connectivity index (χ2n) is 7.56. The van der Waals surface area contributed by atoms with Gasteiger partial charge in [-0.25, -0.2) is 12.8 Å². The van der Waals surface area contributed by atoms with Crippen molar-refractivity contribution in [3.63, 3.8) is 0 Å². The minimum atomic E-state index is -4.28. The monoisotopic (exact) mass is 510 g/mol. The minimum Gasteiger partial charge on any atom is -0.496 e. The fraction of sp³-hybridized carbons (Fsp3) is 0.130. The molecule has 36 heavy (non-hydrogen) atoms. The molecular weight excluding hydrogens is 491 g/mol. The molecule has 0 bridgehead atoms. The second kappa shape index (κ2) is 9.88. The molecular formula is C23H19FN6O5S. The maximum Gasteiger partial charge on any atom is 0.266 e. The Hall–Kier alpha value is -4.70. The van der Waals surface area contributed by atoms with Gasteiger partial charge in [-0.15, -0.1) is 0 Å². The van der Waals surface area contributed by atoms with E-state index in [1.54, 1.807) is 35.3 Å². The quantitative estimate of drug-likeness (QED) is 0.258. The first-order chi connectivity index (χ1) is 17.2. The Morgan fingerprint density at radius 3 is 2.81 bits per heavy atom. The fourth-order valence-corrected chi connectivity index (χ4v) is 4.45.